The van der Waals surface area contributed by atoms with Gasteiger partial charge in [-0.1, -0.05) is 24.3 Å². The molecule has 0 aliphatic rings. The van der Waals surface area contributed by atoms with Crippen molar-refractivity contribution < 1.29 is 14.3 Å². The van der Waals surface area contributed by atoms with E-state index in [0.717, 1.165) is 22.3 Å². The van der Waals surface area contributed by atoms with Gasteiger partial charge < -0.3 is 9.30 Å². The molecule has 3 rings (SSSR count). The molecule has 0 N–H and O–H groups in total. The van der Waals surface area contributed by atoms with Gasteiger partial charge in [0.1, 0.15) is 6.54 Å². The van der Waals surface area contributed by atoms with Gasteiger partial charge in [-0.15, -0.1) is 0 Å². The Labute approximate surface area is 160 Å². The van der Waals surface area contributed by atoms with E-state index in [1.807, 2.05) is 26.0 Å². The molecule has 0 atom stereocenters. The molecule has 0 unspecified atom stereocenters. The minimum atomic E-state index is -0.425. The highest BCUT2D eigenvalue weighted by atomic mass is 32.1. The number of thiazole rings is 1. The Morgan fingerprint density at radius 1 is 1.26 bits per heavy atom. The summed E-state index contributed by atoms with van der Waals surface area (Å²) >= 11 is 1.38. The summed E-state index contributed by atoms with van der Waals surface area (Å²) in [7, 11) is 1.34. The van der Waals surface area contributed by atoms with Crippen molar-refractivity contribution in [1.29, 1.82) is 0 Å². The van der Waals surface area contributed by atoms with Crippen LogP contribution in [-0.4, -0.2) is 33.3 Å². The molecule has 1 amide bonds. The molecule has 2 aromatic heterocycles. The normalized spacial score (nSPS) is 11.9. The maximum Gasteiger partial charge on any atom is 0.325 e. The summed E-state index contributed by atoms with van der Waals surface area (Å²) in [6.07, 6.45) is 0.907. The third-order valence-corrected chi connectivity index (χ3v) is 5.41. The van der Waals surface area contributed by atoms with Crippen molar-refractivity contribution >= 4 is 33.4 Å². The molecule has 142 valence electrons. The summed E-state index contributed by atoms with van der Waals surface area (Å²) in [6.45, 7) is 6.63. The van der Waals surface area contributed by atoms with E-state index < -0.39 is 11.9 Å². The number of rotatable bonds is 5. The minimum Gasteiger partial charge on any atom is -0.468 e. The number of benzene rings is 1. The smallest absolute Gasteiger partial charge is 0.325 e. The first-order chi connectivity index (χ1) is 13.0. The first-order valence-corrected chi connectivity index (χ1v) is 9.61. The molecule has 0 saturated heterocycles. The molecule has 0 radical (unpaired) electrons. The Morgan fingerprint density at radius 3 is 2.67 bits per heavy atom. The number of aromatic nitrogens is 3. The predicted molar refractivity (Wildman–Crippen MR) is 104 cm³/mol. The van der Waals surface area contributed by atoms with Gasteiger partial charge in [0.25, 0.3) is 5.91 Å². The van der Waals surface area contributed by atoms with Crippen molar-refractivity contribution in [3.05, 3.63) is 46.0 Å². The van der Waals surface area contributed by atoms with E-state index in [2.05, 4.69) is 23.1 Å². The molecule has 0 bridgehead atoms. The lowest BCUT2D eigenvalue weighted by atomic mass is 10.2. The predicted octanol–water partition coefficient (Wildman–Crippen LogP) is 2.70. The largest absolute Gasteiger partial charge is 0.468 e. The molecular formula is C19H22N4O3S. The summed E-state index contributed by atoms with van der Waals surface area (Å²) in [5.74, 6) is -0.819. The van der Waals surface area contributed by atoms with E-state index in [0.29, 0.717) is 17.0 Å². The Morgan fingerprint density at radius 2 is 2.04 bits per heavy atom. The lowest BCUT2D eigenvalue weighted by Gasteiger charge is -2.04. The van der Waals surface area contributed by atoms with E-state index >= 15 is 0 Å². The van der Waals surface area contributed by atoms with Crippen LogP contribution in [0.25, 0.3) is 10.2 Å². The van der Waals surface area contributed by atoms with Crippen LogP contribution in [0.5, 0.6) is 0 Å². The van der Waals surface area contributed by atoms with Gasteiger partial charge in [-0.25, -0.2) is 0 Å². The number of nitrogens with zero attached hydrogens (tertiary/aromatic N) is 4. The number of esters is 1. The van der Waals surface area contributed by atoms with E-state index in [1.165, 1.54) is 24.0 Å². The van der Waals surface area contributed by atoms with Crippen LogP contribution in [0.1, 0.15) is 35.6 Å². The average molecular weight is 386 g/mol. The second-order valence-electron chi connectivity index (χ2n) is 6.11. The zero-order valence-corrected chi connectivity index (χ0v) is 16.7. The van der Waals surface area contributed by atoms with Gasteiger partial charge in [0.2, 0.25) is 0 Å². The number of methoxy groups -OCH3 is 1. The molecule has 0 fully saturated rings. The molecule has 0 aliphatic carbocycles. The van der Waals surface area contributed by atoms with Crippen LogP contribution in [0.4, 0.5) is 0 Å². The Balaban J connectivity index is 2.12. The highest BCUT2D eigenvalue weighted by Crippen LogP contribution is 2.20. The van der Waals surface area contributed by atoms with Crippen LogP contribution >= 0.6 is 11.3 Å². The molecule has 3 aromatic rings. The number of fused-ring (bicyclic) bond motifs is 1. The molecule has 2 heterocycles. The van der Waals surface area contributed by atoms with E-state index in [9.17, 15) is 9.59 Å². The van der Waals surface area contributed by atoms with Gasteiger partial charge in [-0.2, -0.15) is 10.1 Å². The summed E-state index contributed by atoms with van der Waals surface area (Å²) in [5.41, 5.74) is 3.24. The van der Waals surface area contributed by atoms with Crippen molar-refractivity contribution in [1.82, 2.24) is 14.3 Å². The summed E-state index contributed by atoms with van der Waals surface area (Å²) in [4.78, 5) is 29.2. The molecule has 0 aliphatic heterocycles. The lowest BCUT2D eigenvalue weighted by Crippen LogP contribution is -2.22. The topological polar surface area (TPSA) is 78.5 Å². The maximum atomic E-state index is 12.6. The number of carbonyl (C=O) groups excluding carboxylic acids is 2. The second kappa shape index (κ2) is 7.87. The fourth-order valence-corrected chi connectivity index (χ4v) is 3.94. The van der Waals surface area contributed by atoms with Gasteiger partial charge in [0.15, 0.2) is 10.5 Å². The maximum absolute atomic E-state index is 12.6. The van der Waals surface area contributed by atoms with Crippen molar-refractivity contribution in [2.24, 2.45) is 4.99 Å². The van der Waals surface area contributed by atoms with Crippen molar-refractivity contribution in [3.63, 3.8) is 0 Å². The monoisotopic (exact) mass is 386 g/mol. The Kier molecular flexibility index (Phi) is 5.55. The summed E-state index contributed by atoms with van der Waals surface area (Å²) in [6, 6.07) is 7.75. The molecule has 0 spiro atoms. The fraction of sp³-hybridized carbons (Fsp3) is 0.368. The molecular weight excluding hydrogens is 364 g/mol. The van der Waals surface area contributed by atoms with E-state index in [4.69, 9.17) is 4.74 Å². The molecule has 7 nitrogen and oxygen atoms in total. The minimum absolute atomic E-state index is 0.00346. The third kappa shape index (κ3) is 3.85. The zero-order valence-electron chi connectivity index (χ0n) is 15.9. The molecule has 0 saturated carbocycles. The van der Waals surface area contributed by atoms with Crippen LogP contribution in [0.3, 0.4) is 0 Å². The third-order valence-electron chi connectivity index (χ3n) is 4.37. The standard InChI is InChI=1S/C19H22N4O3S/c1-5-13-7-8-15-16(10-13)27-19(22(15)11-17(24)26-4)20-18(25)14-9-12(3)23(6-2)21-14/h7-10H,5-6,11H2,1-4H3. The number of hydrogen-bond donors (Lipinski definition) is 0. The van der Waals surface area contributed by atoms with Gasteiger partial charge in [0.05, 0.1) is 17.3 Å². The molecule has 1 aromatic carbocycles. The highest BCUT2D eigenvalue weighted by molar-refractivity contribution is 7.16. The van der Waals surface area contributed by atoms with E-state index in [1.54, 1.807) is 15.3 Å². The Bertz CT molecular complexity index is 1070. The number of hydrogen-bond acceptors (Lipinski definition) is 5. The van der Waals surface area contributed by atoms with E-state index in [-0.39, 0.29) is 6.54 Å². The van der Waals surface area contributed by atoms with Crippen LogP contribution in [0.15, 0.2) is 29.3 Å². The van der Waals surface area contributed by atoms with Gasteiger partial charge in [-0.3, -0.25) is 14.3 Å². The first-order valence-electron chi connectivity index (χ1n) is 8.79. The van der Waals surface area contributed by atoms with Crippen LogP contribution < -0.4 is 4.80 Å². The van der Waals surface area contributed by atoms with Gasteiger partial charge in [-0.05, 0) is 44.0 Å². The molecule has 27 heavy (non-hydrogen) atoms. The number of ether oxygens (including phenoxy) is 1. The number of aryl methyl sites for hydroxylation is 3. The quantitative estimate of drug-likeness (QED) is 0.632. The SMILES string of the molecule is CCc1ccc2c(c1)sc(=NC(=O)c1cc(C)n(CC)n1)n2CC(=O)OC. The van der Waals surface area contributed by atoms with Crippen LogP contribution in [0, 0.1) is 6.92 Å². The highest BCUT2D eigenvalue weighted by Gasteiger charge is 2.15. The van der Waals surface area contributed by atoms with Gasteiger partial charge >= 0.3 is 5.97 Å². The zero-order chi connectivity index (χ0) is 19.6. The number of amides is 1. The molecule has 8 heteroatoms. The van der Waals surface area contributed by atoms with Crippen LogP contribution in [0.2, 0.25) is 0 Å². The van der Waals surface area contributed by atoms with Gasteiger partial charge in [0, 0.05) is 12.2 Å². The van der Waals surface area contributed by atoms with Crippen molar-refractivity contribution in [2.75, 3.05) is 7.11 Å². The average Bonchev–Trinajstić information content (AvgIpc) is 3.21. The van der Waals surface area contributed by atoms with Crippen molar-refractivity contribution in [2.45, 2.75) is 40.3 Å². The fourth-order valence-electron chi connectivity index (χ4n) is 2.85. The summed E-state index contributed by atoms with van der Waals surface area (Å²) in [5, 5.41) is 4.29. The Hall–Kier alpha value is -2.74. The summed E-state index contributed by atoms with van der Waals surface area (Å²) < 4.78 is 9.24. The number of carbonyl (C=O) groups is 2. The van der Waals surface area contributed by atoms with Crippen molar-refractivity contribution in [3.8, 4) is 0 Å². The first kappa shape index (κ1) is 19.0. The second-order valence-corrected chi connectivity index (χ2v) is 7.12. The van der Waals surface area contributed by atoms with Crippen LogP contribution in [-0.2, 0) is 29.0 Å². The lowest BCUT2D eigenvalue weighted by molar-refractivity contribution is -0.141.